The predicted molar refractivity (Wildman–Crippen MR) is 105 cm³/mol. The van der Waals surface area contributed by atoms with Crippen molar-refractivity contribution in [3.63, 3.8) is 0 Å². The zero-order valence-corrected chi connectivity index (χ0v) is 15.6. The lowest BCUT2D eigenvalue weighted by molar-refractivity contribution is -0.483. The Bertz CT molecular complexity index is 952. The van der Waals surface area contributed by atoms with Crippen LogP contribution in [0.3, 0.4) is 0 Å². The maximum absolute atomic E-state index is 13.0. The molecule has 2 aromatic carbocycles. The Morgan fingerprint density at radius 2 is 1.79 bits per heavy atom. The molecule has 144 valence electrons. The largest absolute Gasteiger partial charge is 0.452 e. The minimum atomic E-state index is -0.759. The molecule has 1 heterocycles. The highest BCUT2D eigenvalue weighted by molar-refractivity contribution is 6.39. The van der Waals surface area contributed by atoms with Crippen molar-refractivity contribution in [3.8, 4) is 0 Å². The summed E-state index contributed by atoms with van der Waals surface area (Å²) in [6, 6.07) is 16.2. The summed E-state index contributed by atoms with van der Waals surface area (Å²) in [7, 11) is 1.22. The van der Waals surface area contributed by atoms with Crippen LogP contribution in [0.4, 0.5) is 10.5 Å². The second kappa shape index (κ2) is 8.04. The van der Waals surface area contributed by atoms with Crippen LogP contribution in [0.2, 0.25) is 0 Å². The summed E-state index contributed by atoms with van der Waals surface area (Å²) in [5.41, 5.74) is 3.01. The topological polar surface area (TPSA) is 89.8 Å². The van der Waals surface area contributed by atoms with Crippen LogP contribution < -0.4 is 4.90 Å². The molecule has 0 aromatic heterocycles. The number of allylic oxidation sites excluding steroid dienone is 1. The van der Waals surface area contributed by atoms with E-state index in [0.29, 0.717) is 28.8 Å². The van der Waals surface area contributed by atoms with Crippen molar-refractivity contribution < 1.29 is 19.2 Å². The molecule has 0 saturated heterocycles. The lowest BCUT2D eigenvalue weighted by Crippen LogP contribution is -2.33. The minimum Gasteiger partial charge on any atom is -0.452 e. The minimum absolute atomic E-state index is 0.245. The summed E-state index contributed by atoms with van der Waals surface area (Å²) in [4.78, 5) is 36.9. The van der Waals surface area contributed by atoms with E-state index < -0.39 is 12.0 Å². The molecular formula is C21H20N2O5. The molecule has 0 unspecified atom stereocenters. The molecule has 1 atom stereocenters. The van der Waals surface area contributed by atoms with Crippen molar-refractivity contribution in [2.75, 3.05) is 18.6 Å². The molecule has 2 aromatic rings. The van der Waals surface area contributed by atoms with Gasteiger partial charge in [0.15, 0.2) is 0 Å². The molecule has 1 aliphatic rings. The van der Waals surface area contributed by atoms with Crippen LogP contribution in [0.1, 0.15) is 30.4 Å². The quantitative estimate of drug-likeness (QED) is 0.444. The number of nitro groups is 1. The number of carbonyl (C=O) groups excluding carboxylic acids is 2. The Hall–Kier alpha value is -3.48. The van der Waals surface area contributed by atoms with Gasteiger partial charge in [0, 0.05) is 16.1 Å². The highest BCUT2D eigenvalue weighted by atomic mass is 16.6. The van der Waals surface area contributed by atoms with Crippen LogP contribution in [0.15, 0.2) is 60.2 Å². The first-order chi connectivity index (χ1) is 13.4. The number of nitrogens with zero attached hydrogens (tertiary/aromatic N) is 2. The fraction of sp³-hybridized carbons (Fsp3) is 0.238. The first-order valence-electron chi connectivity index (χ1n) is 8.82. The van der Waals surface area contributed by atoms with Gasteiger partial charge < -0.3 is 4.74 Å². The number of hydrogen-bond acceptors (Lipinski definition) is 5. The van der Waals surface area contributed by atoms with E-state index in [1.807, 2.05) is 30.3 Å². The number of hydrogen-bond donors (Lipinski definition) is 0. The molecule has 7 nitrogen and oxygen atoms in total. The Morgan fingerprint density at radius 1 is 1.14 bits per heavy atom. The van der Waals surface area contributed by atoms with E-state index in [1.165, 1.54) is 7.11 Å². The van der Waals surface area contributed by atoms with Crippen LogP contribution >= 0.6 is 0 Å². The molecule has 0 bridgehead atoms. The van der Waals surface area contributed by atoms with Gasteiger partial charge in [0.1, 0.15) is 0 Å². The van der Waals surface area contributed by atoms with Crippen LogP contribution in [0, 0.1) is 10.1 Å². The summed E-state index contributed by atoms with van der Waals surface area (Å²) in [6.07, 6.45) is -0.430. The summed E-state index contributed by atoms with van der Waals surface area (Å²) >= 11 is 0. The second-order valence-corrected chi connectivity index (χ2v) is 6.61. The number of benzene rings is 2. The zero-order valence-electron chi connectivity index (χ0n) is 15.6. The number of anilines is 1. The lowest BCUT2D eigenvalue weighted by atomic mass is 9.89. The molecule has 3 rings (SSSR count). The molecule has 1 aliphatic heterocycles. The monoisotopic (exact) mass is 380 g/mol. The number of fused-ring (bicyclic) bond motifs is 1. The van der Waals surface area contributed by atoms with E-state index >= 15 is 0 Å². The molecular weight excluding hydrogens is 360 g/mol. The van der Waals surface area contributed by atoms with E-state index in [1.54, 1.807) is 31.2 Å². The van der Waals surface area contributed by atoms with Gasteiger partial charge in [-0.05, 0) is 25.0 Å². The maximum Gasteiger partial charge on any atom is 0.421 e. The van der Waals surface area contributed by atoms with Crippen molar-refractivity contribution in [2.24, 2.45) is 0 Å². The Balaban J connectivity index is 2.02. The van der Waals surface area contributed by atoms with Crippen LogP contribution in [-0.4, -0.2) is 30.6 Å². The van der Waals surface area contributed by atoms with Gasteiger partial charge in [-0.2, -0.15) is 0 Å². The zero-order chi connectivity index (χ0) is 20.3. The SMILES string of the molecule is COC(=O)N1C(=O)/C(=C(/C)C[C@@H](C[N+](=O)[O-])c2ccccc2)c2ccccc21. The standard InChI is InChI=1S/C21H20N2O5/c1-14(12-16(13-22(26)27)15-8-4-3-5-9-15)19-17-10-6-7-11-18(17)23(20(19)24)21(25)28-2/h3-11,16H,12-13H2,1-2H3/b19-14-/t16-/m0/s1. The molecule has 7 heteroatoms. The third kappa shape index (κ3) is 3.64. The summed E-state index contributed by atoms with van der Waals surface area (Å²) in [5.74, 6) is -0.852. The van der Waals surface area contributed by atoms with E-state index in [9.17, 15) is 19.7 Å². The van der Waals surface area contributed by atoms with Gasteiger partial charge in [-0.25, -0.2) is 9.69 Å². The number of imide groups is 1. The molecule has 0 saturated carbocycles. The Morgan fingerprint density at radius 3 is 2.43 bits per heavy atom. The fourth-order valence-electron chi connectivity index (χ4n) is 3.57. The first-order valence-corrected chi connectivity index (χ1v) is 8.82. The van der Waals surface area contributed by atoms with Gasteiger partial charge in [0.05, 0.1) is 18.7 Å². The van der Waals surface area contributed by atoms with E-state index in [2.05, 4.69) is 0 Å². The van der Waals surface area contributed by atoms with Crippen molar-refractivity contribution in [3.05, 3.63) is 81.4 Å². The van der Waals surface area contributed by atoms with Gasteiger partial charge in [-0.1, -0.05) is 54.1 Å². The van der Waals surface area contributed by atoms with E-state index in [4.69, 9.17) is 4.74 Å². The molecule has 0 aliphatic carbocycles. The molecule has 28 heavy (non-hydrogen) atoms. The maximum atomic E-state index is 13.0. The number of para-hydroxylation sites is 1. The summed E-state index contributed by atoms with van der Waals surface area (Å²) < 4.78 is 4.75. The van der Waals surface area contributed by atoms with Gasteiger partial charge in [-0.15, -0.1) is 0 Å². The average Bonchev–Trinajstić information content (AvgIpc) is 2.99. The van der Waals surface area contributed by atoms with Crippen molar-refractivity contribution >= 4 is 23.3 Å². The highest BCUT2D eigenvalue weighted by Crippen LogP contribution is 2.40. The van der Waals surface area contributed by atoms with Gasteiger partial charge in [0.25, 0.3) is 5.91 Å². The molecule has 0 spiro atoms. The average molecular weight is 380 g/mol. The normalized spacial score (nSPS) is 15.8. The van der Waals surface area contributed by atoms with Crippen LogP contribution in [0.5, 0.6) is 0 Å². The van der Waals surface area contributed by atoms with E-state index in [-0.39, 0.29) is 17.4 Å². The third-order valence-electron chi connectivity index (χ3n) is 4.81. The smallest absolute Gasteiger partial charge is 0.421 e. The van der Waals surface area contributed by atoms with Gasteiger partial charge >= 0.3 is 6.09 Å². The van der Waals surface area contributed by atoms with Gasteiger partial charge in [0.2, 0.25) is 6.54 Å². The Kier molecular flexibility index (Phi) is 5.54. The number of amides is 2. The molecule has 0 radical (unpaired) electrons. The number of ether oxygens (including phenoxy) is 1. The fourth-order valence-corrected chi connectivity index (χ4v) is 3.57. The number of carbonyl (C=O) groups is 2. The second-order valence-electron chi connectivity index (χ2n) is 6.61. The number of rotatable bonds is 5. The van der Waals surface area contributed by atoms with E-state index in [0.717, 1.165) is 10.5 Å². The Labute approximate surface area is 162 Å². The molecule has 0 fully saturated rings. The van der Waals surface area contributed by atoms with Crippen LogP contribution in [0.25, 0.3) is 5.57 Å². The molecule has 2 amide bonds. The predicted octanol–water partition coefficient (Wildman–Crippen LogP) is 4.02. The third-order valence-corrected chi connectivity index (χ3v) is 4.81. The summed E-state index contributed by atoms with van der Waals surface area (Å²) in [6.45, 7) is 1.53. The van der Waals surface area contributed by atoms with Gasteiger partial charge in [-0.3, -0.25) is 14.9 Å². The van der Waals surface area contributed by atoms with Crippen LogP contribution in [-0.2, 0) is 9.53 Å². The summed E-state index contributed by atoms with van der Waals surface area (Å²) in [5, 5.41) is 11.2. The first kappa shape index (κ1) is 19.3. The van der Waals surface area contributed by atoms with Crippen molar-refractivity contribution in [1.82, 2.24) is 0 Å². The molecule has 0 N–H and O–H groups in total. The van der Waals surface area contributed by atoms with Crippen molar-refractivity contribution in [2.45, 2.75) is 19.3 Å². The lowest BCUT2D eigenvalue weighted by Gasteiger charge is -2.16. The highest BCUT2D eigenvalue weighted by Gasteiger charge is 2.38. The number of methoxy groups -OCH3 is 1. The van der Waals surface area contributed by atoms with Crippen molar-refractivity contribution in [1.29, 1.82) is 0 Å².